The van der Waals surface area contributed by atoms with Crippen molar-refractivity contribution in [3.63, 3.8) is 0 Å². The molecule has 0 bridgehead atoms. The zero-order valence-corrected chi connectivity index (χ0v) is 19.5. The lowest BCUT2D eigenvalue weighted by atomic mass is 10.1. The number of halogens is 1. The summed E-state index contributed by atoms with van der Waals surface area (Å²) in [4.78, 5) is 14.9. The fourth-order valence-electron chi connectivity index (χ4n) is 4.58. The molecule has 9 heteroatoms. The maximum Gasteiger partial charge on any atom is 0.251 e. The topological polar surface area (TPSA) is 87.7 Å². The van der Waals surface area contributed by atoms with Crippen LogP contribution in [0.15, 0.2) is 47.4 Å². The van der Waals surface area contributed by atoms with Crippen molar-refractivity contribution in [2.45, 2.75) is 43.0 Å². The standard InChI is InChI=1S/C24H30FN3O4S/c1-32-22-11-6-18(14-23(22)33(30,31)27-20-4-2-3-5-20)24(29)26-15-17-12-13-28(16-17)21-9-7-19(25)8-10-21/h6-11,14,17,20,27H,2-5,12-13,15-16H2,1H3,(H,26,29). The van der Waals surface area contributed by atoms with Gasteiger partial charge >= 0.3 is 0 Å². The molecule has 1 aliphatic heterocycles. The molecule has 2 aliphatic rings. The quantitative estimate of drug-likeness (QED) is 0.612. The lowest BCUT2D eigenvalue weighted by Gasteiger charge is -2.19. The number of anilines is 1. The first-order valence-electron chi connectivity index (χ1n) is 11.3. The van der Waals surface area contributed by atoms with Gasteiger partial charge in [-0.1, -0.05) is 12.8 Å². The summed E-state index contributed by atoms with van der Waals surface area (Å²) in [6.07, 6.45) is 4.56. The monoisotopic (exact) mass is 475 g/mol. The van der Waals surface area contributed by atoms with E-state index in [0.29, 0.717) is 6.54 Å². The van der Waals surface area contributed by atoms with Gasteiger partial charge in [-0.25, -0.2) is 17.5 Å². The number of ether oxygens (including phenoxy) is 1. The molecular formula is C24H30FN3O4S. The summed E-state index contributed by atoms with van der Waals surface area (Å²) in [5.74, 6) is -0.122. The van der Waals surface area contributed by atoms with Gasteiger partial charge in [-0.05, 0) is 67.6 Å². The van der Waals surface area contributed by atoms with Crippen LogP contribution in [0.5, 0.6) is 5.75 Å². The Morgan fingerprint density at radius 2 is 1.85 bits per heavy atom. The molecule has 1 aliphatic carbocycles. The summed E-state index contributed by atoms with van der Waals surface area (Å²) in [7, 11) is -2.39. The van der Waals surface area contributed by atoms with Crippen LogP contribution in [0.3, 0.4) is 0 Å². The summed E-state index contributed by atoms with van der Waals surface area (Å²) >= 11 is 0. The van der Waals surface area contributed by atoms with E-state index in [0.717, 1.165) is 50.9 Å². The number of methoxy groups -OCH3 is 1. The van der Waals surface area contributed by atoms with Gasteiger partial charge in [0.25, 0.3) is 5.91 Å². The van der Waals surface area contributed by atoms with Gasteiger partial charge in [-0.15, -0.1) is 0 Å². The summed E-state index contributed by atoms with van der Waals surface area (Å²) in [6.45, 7) is 2.08. The Bertz CT molecular complexity index is 1090. The van der Waals surface area contributed by atoms with Crippen LogP contribution in [0, 0.1) is 11.7 Å². The number of amides is 1. The number of nitrogens with one attached hydrogen (secondary N) is 2. The van der Waals surface area contributed by atoms with Gasteiger partial charge < -0.3 is 15.0 Å². The Labute approximate surface area is 194 Å². The van der Waals surface area contributed by atoms with Crippen molar-refractivity contribution < 1.29 is 22.3 Å². The van der Waals surface area contributed by atoms with E-state index in [1.807, 2.05) is 0 Å². The second-order valence-corrected chi connectivity index (χ2v) is 10.4. The molecule has 1 heterocycles. The third-order valence-electron chi connectivity index (χ3n) is 6.42. The first kappa shape index (κ1) is 23.5. The molecule has 178 valence electrons. The van der Waals surface area contributed by atoms with Crippen LogP contribution in [0.2, 0.25) is 0 Å². The van der Waals surface area contributed by atoms with Gasteiger partial charge in [0.2, 0.25) is 10.0 Å². The summed E-state index contributed by atoms with van der Waals surface area (Å²) in [6, 6.07) is 10.8. The molecule has 1 amide bonds. The number of carbonyl (C=O) groups excluding carboxylic acids is 1. The van der Waals surface area contributed by atoms with Gasteiger partial charge in [0.1, 0.15) is 16.5 Å². The molecule has 2 N–H and O–H groups in total. The van der Waals surface area contributed by atoms with Crippen LogP contribution in [-0.2, 0) is 10.0 Å². The SMILES string of the molecule is COc1ccc(C(=O)NCC2CCN(c3ccc(F)cc3)C2)cc1S(=O)(=O)NC1CCCC1. The van der Waals surface area contributed by atoms with E-state index in [1.54, 1.807) is 18.2 Å². The summed E-state index contributed by atoms with van der Waals surface area (Å²) in [5.41, 5.74) is 1.24. The second-order valence-electron chi connectivity index (χ2n) is 8.76. The smallest absolute Gasteiger partial charge is 0.251 e. The van der Waals surface area contributed by atoms with Crippen LogP contribution in [0.4, 0.5) is 10.1 Å². The van der Waals surface area contributed by atoms with E-state index in [-0.39, 0.29) is 39.9 Å². The van der Waals surface area contributed by atoms with Gasteiger partial charge in [-0.3, -0.25) is 4.79 Å². The maximum atomic E-state index is 13.2. The Hall–Kier alpha value is -2.65. The minimum atomic E-state index is -3.80. The van der Waals surface area contributed by atoms with Crippen molar-refractivity contribution >= 4 is 21.6 Å². The van der Waals surface area contributed by atoms with Crippen molar-refractivity contribution in [3.8, 4) is 5.75 Å². The molecule has 1 unspecified atom stereocenters. The molecule has 2 aromatic rings. The van der Waals surface area contributed by atoms with Crippen LogP contribution in [-0.4, -0.2) is 47.1 Å². The second kappa shape index (κ2) is 10.1. The third-order valence-corrected chi connectivity index (χ3v) is 7.96. The first-order chi connectivity index (χ1) is 15.9. The lowest BCUT2D eigenvalue weighted by molar-refractivity contribution is 0.0948. The van der Waals surface area contributed by atoms with E-state index in [2.05, 4.69) is 14.9 Å². The molecule has 0 spiro atoms. The van der Waals surface area contributed by atoms with Crippen LogP contribution in [0.25, 0.3) is 0 Å². The molecule has 33 heavy (non-hydrogen) atoms. The number of hydrogen-bond donors (Lipinski definition) is 2. The van der Waals surface area contributed by atoms with Crippen LogP contribution < -0.4 is 19.7 Å². The Morgan fingerprint density at radius 3 is 2.55 bits per heavy atom. The predicted octanol–water partition coefficient (Wildman–Crippen LogP) is 3.31. The fourth-order valence-corrected chi connectivity index (χ4v) is 6.08. The largest absolute Gasteiger partial charge is 0.495 e. The lowest BCUT2D eigenvalue weighted by Crippen LogP contribution is -2.33. The van der Waals surface area contributed by atoms with E-state index in [1.165, 1.54) is 31.4 Å². The van der Waals surface area contributed by atoms with Gasteiger partial charge in [0.05, 0.1) is 7.11 Å². The number of rotatable bonds is 8. The maximum absolute atomic E-state index is 13.2. The molecule has 0 aromatic heterocycles. The Balaban J connectivity index is 1.39. The van der Waals surface area contributed by atoms with E-state index < -0.39 is 10.0 Å². The minimum absolute atomic E-state index is 0.0205. The van der Waals surface area contributed by atoms with Gasteiger partial charge in [0, 0.05) is 36.9 Å². The molecule has 4 rings (SSSR count). The van der Waals surface area contributed by atoms with Crippen molar-refractivity contribution in [1.29, 1.82) is 0 Å². The molecule has 2 aromatic carbocycles. The number of nitrogens with zero attached hydrogens (tertiary/aromatic N) is 1. The van der Waals surface area contributed by atoms with Crippen molar-refractivity contribution in [2.24, 2.45) is 5.92 Å². The highest BCUT2D eigenvalue weighted by Gasteiger charge is 2.27. The van der Waals surface area contributed by atoms with E-state index in [9.17, 15) is 17.6 Å². The number of carbonyl (C=O) groups is 1. The molecule has 1 saturated heterocycles. The number of sulfonamides is 1. The molecule has 1 saturated carbocycles. The van der Waals surface area contributed by atoms with Gasteiger partial charge in [-0.2, -0.15) is 0 Å². The average molecular weight is 476 g/mol. The summed E-state index contributed by atoms with van der Waals surface area (Å²) < 4.78 is 47.1. The molecule has 1 atom stereocenters. The van der Waals surface area contributed by atoms with E-state index in [4.69, 9.17) is 4.74 Å². The van der Waals surface area contributed by atoms with E-state index >= 15 is 0 Å². The predicted molar refractivity (Wildman–Crippen MR) is 125 cm³/mol. The first-order valence-corrected chi connectivity index (χ1v) is 12.8. The van der Waals surface area contributed by atoms with Crippen molar-refractivity contribution in [3.05, 3.63) is 53.8 Å². The number of hydrogen-bond acceptors (Lipinski definition) is 5. The summed E-state index contributed by atoms with van der Waals surface area (Å²) in [5, 5.41) is 2.93. The minimum Gasteiger partial charge on any atom is -0.495 e. The molecule has 0 radical (unpaired) electrons. The third kappa shape index (κ3) is 5.65. The molecular weight excluding hydrogens is 445 g/mol. The van der Waals surface area contributed by atoms with Crippen LogP contribution >= 0.6 is 0 Å². The van der Waals surface area contributed by atoms with Crippen molar-refractivity contribution in [2.75, 3.05) is 31.6 Å². The molecule has 2 fully saturated rings. The van der Waals surface area contributed by atoms with Crippen molar-refractivity contribution in [1.82, 2.24) is 10.0 Å². The van der Waals surface area contributed by atoms with Crippen LogP contribution in [0.1, 0.15) is 42.5 Å². The Kier molecular flexibility index (Phi) is 7.19. The fraction of sp³-hybridized carbons (Fsp3) is 0.458. The zero-order valence-electron chi connectivity index (χ0n) is 18.7. The Morgan fingerprint density at radius 1 is 1.12 bits per heavy atom. The molecule has 7 nitrogen and oxygen atoms in total. The average Bonchev–Trinajstić information content (AvgIpc) is 3.49. The highest BCUT2D eigenvalue weighted by Crippen LogP contribution is 2.28. The highest BCUT2D eigenvalue weighted by atomic mass is 32.2. The number of benzene rings is 2. The normalized spacial score (nSPS) is 19.1. The van der Waals surface area contributed by atoms with Gasteiger partial charge in [0.15, 0.2) is 0 Å². The zero-order chi connectivity index (χ0) is 23.4. The highest BCUT2D eigenvalue weighted by molar-refractivity contribution is 7.89.